The summed E-state index contributed by atoms with van der Waals surface area (Å²) in [4.78, 5) is 16.7. The second-order valence-electron chi connectivity index (χ2n) is 5.86. The predicted molar refractivity (Wildman–Crippen MR) is 103 cm³/mol. The van der Waals surface area contributed by atoms with Crippen LogP contribution in [0.15, 0.2) is 50.4 Å². The lowest BCUT2D eigenvalue weighted by Gasteiger charge is -2.19. The summed E-state index contributed by atoms with van der Waals surface area (Å²) in [6.07, 6.45) is 7.23. The molecule has 24 heavy (non-hydrogen) atoms. The Bertz CT molecular complexity index is 813. The van der Waals surface area contributed by atoms with E-state index in [1.807, 2.05) is 12.1 Å². The highest BCUT2D eigenvalue weighted by Gasteiger charge is 2.33. The summed E-state index contributed by atoms with van der Waals surface area (Å²) < 4.78 is 3.96. The first-order chi connectivity index (χ1) is 11.5. The molecule has 0 fully saturated rings. The number of aliphatic hydroxyl groups is 1. The lowest BCUT2D eigenvalue weighted by Crippen LogP contribution is -2.21. The number of aliphatic hydroxyl groups excluding tert-OH is 1. The number of ketones is 1. The van der Waals surface area contributed by atoms with Gasteiger partial charge in [-0.3, -0.25) is 9.79 Å². The van der Waals surface area contributed by atoms with Gasteiger partial charge in [-0.15, -0.1) is 0 Å². The SMILES string of the molecule is CCCCn1c(Br)ccc1/C=C1/C(=O)C(/C=C2\CCC(Br)=N2)=C1O. The summed E-state index contributed by atoms with van der Waals surface area (Å²) in [5, 5.41) is 10.3. The van der Waals surface area contributed by atoms with Crippen molar-refractivity contribution in [3.8, 4) is 0 Å². The van der Waals surface area contributed by atoms with Gasteiger partial charge in [0.25, 0.3) is 0 Å². The summed E-state index contributed by atoms with van der Waals surface area (Å²) in [6, 6.07) is 3.90. The van der Waals surface area contributed by atoms with Crippen LogP contribution >= 0.6 is 31.9 Å². The molecule has 1 aliphatic carbocycles. The van der Waals surface area contributed by atoms with Crippen LogP contribution in [0, 0.1) is 0 Å². The maximum atomic E-state index is 12.4. The molecule has 0 aromatic carbocycles. The third-order valence-corrected chi connectivity index (χ3v) is 5.42. The molecule has 0 amide bonds. The normalized spacial score (nSPS) is 21.0. The first-order valence-corrected chi connectivity index (χ1v) is 9.58. The van der Waals surface area contributed by atoms with Gasteiger partial charge in [0.2, 0.25) is 5.78 Å². The van der Waals surface area contributed by atoms with Crippen molar-refractivity contribution >= 4 is 48.3 Å². The zero-order valence-corrected chi connectivity index (χ0v) is 16.5. The van der Waals surface area contributed by atoms with Crippen molar-refractivity contribution in [3.63, 3.8) is 0 Å². The number of aliphatic imine (C=N–C) groups is 1. The van der Waals surface area contributed by atoms with Crippen molar-refractivity contribution in [2.24, 2.45) is 4.99 Å². The Hall–Kier alpha value is -1.40. The van der Waals surface area contributed by atoms with E-state index in [2.05, 4.69) is 48.3 Å². The topological polar surface area (TPSA) is 54.6 Å². The maximum Gasteiger partial charge on any atom is 0.200 e. The van der Waals surface area contributed by atoms with Crippen molar-refractivity contribution in [3.05, 3.63) is 51.1 Å². The standard InChI is InChI=1S/C18H18Br2N2O2/c1-2-3-8-22-12(5-7-16(22)20)10-14-17(23)13(18(14)24)9-11-4-6-15(19)21-11/h5,7,9-10,23H,2-4,6,8H2,1H3/b11-9+,14-10+. The Kier molecular flexibility index (Phi) is 5.25. The Morgan fingerprint density at radius 3 is 2.71 bits per heavy atom. The molecule has 1 N–H and O–H groups in total. The monoisotopic (exact) mass is 452 g/mol. The molecule has 4 nitrogen and oxygen atoms in total. The van der Waals surface area contributed by atoms with Crippen LogP contribution in [0.3, 0.4) is 0 Å². The molecule has 0 unspecified atom stereocenters. The molecule has 0 saturated heterocycles. The fourth-order valence-electron chi connectivity index (χ4n) is 2.76. The van der Waals surface area contributed by atoms with Crippen LogP contribution in [0.4, 0.5) is 0 Å². The zero-order valence-electron chi connectivity index (χ0n) is 13.4. The van der Waals surface area contributed by atoms with E-state index in [-0.39, 0.29) is 11.5 Å². The first kappa shape index (κ1) is 17.4. The average molecular weight is 454 g/mol. The van der Waals surface area contributed by atoms with Crippen LogP contribution in [0.25, 0.3) is 6.08 Å². The minimum Gasteiger partial charge on any atom is -0.506 e. The highest BCUT2D eigenvalue weighted by Crippen LogP contribution is 2.34. The lowest BCUT2D eigenvalue weighted by atomic mass is 9.86. The maximum absolute atomic E-state index is 12.4. The Balaban J connectivity index is 1.87. The van der Waals surface area contributed by atoms with Gasteiger partial charge < -0.3 is 9.67 Å². The second kappa shape index (κ2) is 7.23. The summed E-state index contributed by atoms with van der Waals surface area (Å²) in [6.45, 7) is 3.02. The number of halogens is 2. The Morgan fingerprint density at radius 2 is 2.08 bits per heavy atom. The molecule has 1 aliphatic heterocycles. The number of allylic oxidation sites excluding steroid dienone is 4. The van der Waals surface area contributed by atoms with E-state index in [4.69, 9.17) is 0 Å². The van der Waals surface area contributed by atoms with Crippen LogP contribution in [0.1, 0.15) is 38.3 Å². The van der Waals surface area contributed by atoms with Crippen molar-refractivity contribution in [1.29, 1.82) is 0 Å². The molecule has 2 heterocycles. The largest absolute Gasteiger partial charge is 0.506 e. The number of Topliss-reactive ketones (excluding diaryl/α,β-unsaturated/α-hetero) is 1. The molecule has 0 spiro atoms. The molecular weight excluding hydrogens is 436 g/mol. The van der Waals surface area contributed by atoms with Gasteiger partial charge in [0, 0.05) is 24.4 Å². The molecule has 0 saturated carbocycles. The van der Waals surface area contributed by atoms with E-state index in [1.54, 1.807) is 12.2 Å². The lowest BCUT2D eigenvalue weighted by molar-refractivity contribution is -0.113. The smallest absolute Gasteiger partial charge is 0.200 e. The minimum absolute atomic E-state index is 0.0603. The van der Waals surface area contributed by atoms with Crippen LogP contribution in [-0.2, 0) is 11.3 Å². The predicted octanol–water partition coefficient (Wildman–Crippen LogP) is 5.30. The quantitative estimate of drug-likeness (QED) is 0.615. The van der Waals surface area contributed by atoms with E-state index >= 15 is 0 Å². The molecule has 0 bridgehead atoms. The van der Waals surface area contributed by atoms with Crippen LogP contribution in [0.5, 0.6) is 0 Å². The second-order valence-corrected chi connectivity index (χ2v) is 7.59. The van der Waals surface area contributed by atoms with Crippen molar-refractivity contribution in [2.75, 3.05) is 0 Å². The molecule has 6 heteroatoms. The number of nitrogens with zero attached hydrogens (tertiary/aromatic N) is 2. The number of hydrogen-bond acceptors (Lipinski definition) is 3. The van der Waals surface area contributed by atoms with Gasteiger partial charge in [0.15, 0.2) is 0 Å². The van der Waals surface area contributed by atoms with E-state index in [0.29, 0.717) is 11.1 Å². The fraction of sp³-hybridized carbons (Fsp3) is 0.333. The van der Waals surface area contributed by atoms with Gasteiger partial charge in [0.05, 0.1) is 20.4 Å². The summed E-state index contributed by atoms with van der Waals surface area (Å²) in [5.41, 5.74) is 2.46. The molecule has 2 aliphatic rings. The van der Waals surface area contributed by atoms with Gasteiger partial charge in [-0.25, -0.2) is 0 Å². The average Bonchev–Trinajstić information content (AvgIpc) is 3.14. The molecule has 1 aromatic heterocycles. The summed E-state index contributed by atoms with van der Waals surface area (Å²) in [7, 11) is 0. The van der Waals surface area contributed by atoms with E-state index < -0.39 is 0 Å². The summed E-state index contributed by atoms with van der Waals surface area (Å²) >= 11 is 6.88. The van der Waals surface area contributed by atoms with Crippen molar-refractivity contribution in [1.82, 2.24) is 4.57 Å². The minimum atomic E-state index is -0.127. The third-order valence-electron chi connectivity index (χ3n) is 4.15. The number of hydrogen-bond donors (Lipinski definition) is 1. The number of unbranched alkanes of at least 4 members (excludes halogenated alkanes) is 1. The third kappa shape index (κ3) is 3.35. The van der Waals surface area contributed by atoms with Crippen LogP contribution in [-0.4, -0.2) is 20.1 Å². The van der Waals surface area contributed by atoms with Gasteiger partial charge in [-0.05, 0) is 69.0 Å². The highest BCUT2D eigenvalue weighted by molar-refractivity contribution is 9.18. The molecule has 0 atom stereocenters. The van der Waals surface area contributed by atoms with E-state index in [1.165, 1.54) is 0 Å². The highest BCUT2D eigenvalue weighted by atomic mass is 79.9. The summed E-state index contributed by atoms with van der Waals surface area (Å²) in [5.74, 6) is -0.0670. The Morgan fingerprint density at radius 1 is 1.29 bits per heavy atom. The molecular formula is C18H18Br2N2O2. The number of carbonyl (C=O) groups is 1. The van der Waals surface area contributed by atoms with Gasteiger partial charge in [0.1, 0.15) is 5.76 Å². The molecule has 1 aromatic rings. The Labute approximate surface area is 157 Å². The van der Waals surface area contributed by atoms with Crippen LogP contribution < -0.4 is 0 Å². The van der Waals surface area contributed by atoms with Gasteiger partial charge in [-0.2, -0.15) is 0 Å². The number of aromatic nitrogens is 1. The van der Waals surface area contributed by atoms with Crippen LogP contribution in [0.2, 0.25) is 0 Å². The molecule has 126 valence electrons. The number of rotatable bonds is 5. The van der Waals surface area contributed by atoms with Crippen molar-refractivity contribution in [2.45, 2.75) is 39.2 Å². The molecule has 3 rings (SSSR count). The fourth-order valence-corrected chi connectivity index (χ4v) is 3.70. The molecule has 0 radical (unpaired) electrons. The van der Waals surface area contributed by atoms with E-state index in [0.717, 1.165) is 52.8 Å². The number of carbonyl (C=O) groups excluding carboxylic acids is 1. The van der Waals surface area contributed by atoms with Crippen molar-refractivity contribution < 1.29 is 9.90 Å². The van der Waals surface area contributed by atoms with Gasteiger partial charge >= 0.3 is 0 Å². The zero-order chi connectivity index (χ0) is 17.3. The first-order valence-electron chi connectivity index (χ1n) is 8.00. The van der Waals surface area contributed by atoms with Gasteiger partial charge in [-0.1, -0.05) is 13.3 Å². The van der Waals surface area contributed by atoms with E-state index in [9.17, 15) is 9.90 Å².